The van der Waals surface area contributed by atoms with Crippen LogP contribution < -0.4 is 10.6 Å². The summed E-state index contributed by atoms with van der Waals surface area (Å²) in [5.41, 5.74) is 0.584. The van der Waals surface area contributed by atoms with E-state index in [4.69, 9.17) is 0 Å². The maximum Gasteiger partial charge on any atom is 0.317 e. The summed E-state index contributed by atoms with van der Waals surface area (Å²) in [6.07, 6.45) is 0.264. The Morgan fingerprint density at radius 3 is 2.21 bits per heavy atom. The molecule has 0 unspecified atom stereocenters. The smallest absolute Gasteiger partial charge is 0.317 e. The van der Waals surface area contributed by atoms with Crippen LogP contribution in [0.25, 0.3) is 0 Å². The standard InChI is InChI=1S/C17H24N4O3/c1-2-18-17(24)21-12-10-20(11-13-21)15(22)8-9-19-16(23)14-6-4-3-5-7-14/h3-7H,2,8-13H2,1H3,(H,18,24)(H,19,23). The van der Waals surface area contributed by atoms with Crippen LogP contribution in [0.4, 0.5) is 4.79 Å². The highest BCUT2D eigenvalue weighted by atomic mass is 16.2. The van der Waals surface area contributed by atoms with Crippen molar-refractivity contribution in [3.63, 3.8) is 0 Å². The average Bonchev–Trinajstić information content (AvgIpc) is 2.62. The van der Waals surface area contributed by atoms with Gasteiger partial charge in [-0.1, -0.05) is 18.2 Å². The fraction of sp³-hybridized carbons (Fsp3) is 0.471. The fourth-order valence-corrected chi connectivity index (χ4v) is 2.55. The minimum atomic E-state index is -0.176. The van der Waals surface area contributed by atoms with E-state index in [1.807, 2.05) is 13.0 Å². The molecule has 2 N–H and O–H groups in total. The summed E-state index contributed by atoms with van der Waals surface area (Å²) in [5.74, 6) is -0.177. The Morgan fingerprint density at radius 1 is 0.958 bits per heavy atom. The Bertz CT molecular complexity index is 568. The van der Waals surface area contributed by atoms with Crippen molar-refractivity contribution >= 4 is 17.8 Å². The molecule has 7 nitrogen and oxygen atoms in total. The summed E-state index contributed by atoms with van der Waals surface area (Å²) in [7, 11) is 0. The summed E-state index contributed by atoms with van der Waals surface area (Å²) in [4.78, 5) is 39.2. The van der Waals surface area contributed by atoms with Gasteiger partial charge in [-0.2, -0.15) is 0 Å². The summed E-state index contributed by atoms with van der Waals surface area (Å²) in [5, 5.41) is 5.51. The first kappa shape index (κ1) is 17.8. The molecule has 1 fully saturated rings. The molecule has 1 aliphatic rings. The molecule has 0 aromatic heterocycles. The Hall–Kier alpha value is -2.57. The van der Waals surface area contributed by atoms with Gasteiger partial charge in [-0.3, -0.25) is 9.59 Å². The van der Waals surface area contributed by atoms with Crippen molar-refractivity contribution in [1.29, 1.82) is 0 Å². The van der Waals surface area contributed by atoms with Gasteiger partial charge in [0.25, 0.3) is 5.91 Å². The Kier molecular flexibility index (Phi) is 6.60. The SMILES string of the molecule is CCNC(=O)N1CCN(C(=O)CCNC(=O)c2ccccc2)CC1. The highest BCUT2D eigenvalue weighted by Crippen LogP contribution is 2.04. The molecule has 4 amide bonds. The molecule has 1 heterocycles. The van der Waals surface area contributed by atoms with Gasteiger partial charge in [-0.05, 0) is 19.1 Å². The highest BCUT2D eigenvalue weighted by Gasteiger charge is 2.23. The van der Waals surface area contributed by atoms with Crippen molar-refractivity contribution in [1.82, 2.24) is 20.4 Å². The van der Waals surface area contributed by atoms with Gasteiger partial charge < -0.3 is 20.4 Å². The van der Waals surface area contributed by atoms with Gasteiger partial charge in [0.05, 0.1) is 0 Å². The number of benzene rings is 1. The van der Waals surface area contributed by atoms with Crippen LogP contribution in [-0.4, -0.2) is 66.9 Å². The van der Waals surface area contributed by atoms with Crippen molar-refractivity contribution in [2.45, 2.75) is 13.3 Å². The summed E-state index contributed by atoms with van der Waals surface area (Å²) < 4.78 is 0. The van der Waals surface area contributed by atoms with Gasteiger partial charge in [0, 0.05) is 51.3 Å². The van der Waals surface area contributed by atoms with Crippen LogP contribution in [0.5, 0.6) is 0 Å². The number of rotatable bonds is 5. The number of carbonyl (C=O) groups excluding carboxylic acids is 3. The van der Waals surface area contributed by atoms with Crippen molar-refractivity contribution < 1.29 is 14.4 Å². The van der Waals surface area contributed by atoms with Crippen molar-refractivity contribution in [3.05, 3.63) is 35.9 Å². The molecule has 0 radical (unpaired) electrons. The number of nitrogens with zero attached hydrogens (tertiary/aromatic N) is 2. The Labute approximate surface area is 142 Å². The third kappa shape index (κ3) is 4.97. The quantitative estimate of drug-likeness (QED) is 0.832. The molecular weight excluding hydrogens is 308 g/mol. The predicted molar refractivity (Wildman–Crippen MR) is 90.6 cm³/mol. The van der Waals surface area contributed by atoms with Crippen molar-refractivity contribution in [3.8, 4) is 0 Å². The fourth-order valence-electron chi connectivity index (χ4n) is 2.55. The second-order valence-corrected chi connectivity index (χ2v) is 5.58. The van der Waals surface area contributed by atoms with Crippen molar-refractivity contribution in [2.75, 3.05) is 39.3 Å². The van der Waals surface area contributed by atoms with E-state index >= 15 is 0 Å². The van der Waals surface area contributed by atoms with Gasteiger partial charge in [0.1, 0.15) is 0 Å². The van der Waals surface area contributed by atoms with Crippen LogP contribution in [0.15, 0.2) is 30.3 Å². The molecule has 0 spiro atoms. The van der Waals surface area contributed by atoms with E-state index in [0.717, 1.165) is 0 Å². The number of urea groups is 1. The highest BCUT2D eigenvalue weighted by molar-refractivity contribution is 5.94. The molecule has 2 rings (SSSR count). The summed E-state index contributed by atoms with van der Waals surface area (Å²) in [6, 6.07) is 8.83. The number of piperazine rings is 1. The lowest BCUT2D eigenvalue weighted by Gasteiger charge is -2.34. The molecule has 1 aromatic carbocycles. The molecule has 1 aliphatic heterocycles. The largest absolute Gasteiger partial charge is 0.352 e. The summed E-state index contributed by atoms with van der Waals surface area (Å²) >= 11 is 0. The van der Waals surface area contributed by atoms with Crippen molar-refractivity contribution in [2.24, 2.45) is 0 Å². The van der Waals surface area contributed by atoms with Crippen LogP contribution in [0, 0.1) is 0 Å². The topological polar surface area (TPSA) is 81.8 Å². The molecule has 1 aromatic rings. The van der Waals surface area contributed by atoms with Gasteiger partial charge in [-0.25, -0.2) is 4.79 Å². The normalized spacial score (nSPS) is 14.2. The number of hydrogen-bond donors (Lipinski definition) is 2. The zero-order chi connectivity index (χ0) is 17.4. The molecule has 24 heavy (non-hydrogen) atoms. The minimum Gasteiger partial charge on any atom is -0.352 e. The lowest BCUT2D eigenvalue weighted by molar-refractivity contribution is -0.132. The molecule has 1 saturated heterocycles. The predicted octanol–water partition coefficient (Wildman–Crippen LogP) is 0.680. The first-order valence-electron chi connectivity index (χ1n) is 8.25. The molecule has 0 bridgehead atoms. The zero-order valence-corrected chi connectivity index (χ0v) is 14.0. The van der Waals surface area contributed by atoms with Crippen LogP contribution in [0.1, 0.15) is 23.7 Å². The van der Waals surface area contributed by atoms with Crippen LogP contribution >= 0.6 is 0 Å². The third-order valence-corrected chi connectivity index (χ3v) is 3.91. The third-order valence-electron chi connectivity index (χ3n) is 3.91. The number of nitrogens with one attached hydrogen (secondary N) is 2. The number of hydrogen-bond acceptors (Lipinski definition) is 3. The second-order valence-electron chi connectivity index (χ2n) is 5.58. The maximum absolute atomic E-state index is 12.2. The summed E-state index contributed by atoms with van der Waals surface area (Å²) in [6.45, 7) is 4.91. The van der Waals surface area contributed by atoms with E-state index in [9.17, 15) is 14.4 Å². The number of carbonyl (C=O) groups is 3. The average molecular weight is 332 g/mol. The van der Waals surface area contributed by atoms with Crippen LogP contribution in [-0.2, 0) is 4.79 Å². The van der Waals surface area contributed by atoms with Gasteiger partial charge in [0.15, 0.2) is 0 Å². The first-order valence-corrected chi connectivity index (χ1v) is 8.25. The van der Waals surface area contributed by atoms with Crippen LogP contribution in [0.3, 0.4) is 0 Å². The zero-order valence-electron chi connectivity index (χ0n) is 14.0. The van der Waals surface area contributed by atoms with E-state index in [1.54, 1.807) is 34.1 Å². The molecule has 0 atom stereocenters. The molecule has 7 heteroatoms. The van der Waals surface area contributed by atoms with E-state index in [-0.39, 0.29) is 24.3 Å². The molecule has 0 saturated carbocycles. The second kappa shape index (κ2) is 8.90. The molecule has 0 aliphatic carbocycles. The van der Waals surface area contributed by atoms with E-state index in [0.29, 0.717) is 44.8 Å². The molecular formula is C17H24N4O3. The van der Waals surface area contributed by atoms with E-state index < -0.39 is 0 Å². The van der Waals surface area contributed by atoms with Crippen LogP contribution in [0.2, 0.25) is 0 Å². The van der Waals surface area contributed by atoms with Gasteiger partial charge in [0.2, 0.25) is 5.91 Å². The van der Waals surface area contributed by atoms with Gasteiger partial charge >= 0.3 is 6.03 Å². The Balaban J connectivity index is 1.68. The monoisotopic (exact) mass is 332 g/mol. The maximum atomic E-state index is 12.2. The number of amides is 4. The lowest BCUT2D eigenvalue weighted by Crippen LogP contribution is -2.53. The minimum absolute atomic E-state index is 0.00101. The van der Waals surface area contributed by atoms with E-state index in [2.05, 4.69) is 10.6 Å². The Morgan fingerprint density at radius 2 is 1.58 bits per heavy atom. The molecule has 130 valence electrons. The lowest BCUT2D eigenvalue weighted by atomic mass is 10.2. The van der Waals surface area contributed by atoms with E-state index in [1.165, 1.54) is 0 Å². The van der Waals surface area contributed by atoms with Gasteiger partial charge in [-0.15, -0.1) is 0 Å². The first-order chi connectivity index (χ1) is 11.6.